The fourth-order valence-electron chi connectivity index (χ4n) is 1.69. The van der Waals surface area contributed by atoms with E-state index >= 15 is 0 Å². The summed E-state index contributed by atoms with van der Waals surface area (Å²) < 4.78 is 1.03. The number of halogens is 1. The summed E-state index contributed by atoms with van der Waals surface area (Å²) in [4.78, 5) is 11.1. The van der Waals surface area contributed by atoms with E-state index in [9.17, 15) is 4.79 Å². The van der Waals surface area contributed by atoms with Crippen LogP contribution in [0.4, 0.5) is 0 Å². The van der Waals surface area contributed by atoms with Crippen molar-refractivity contribution >= 4 is 21.9 Å². The van der Waals surface area contributed by atoms with Gasteiger partial charge in [-0.2, -0.15) is 0 Å². The van der Waals surface area contributed by atoms with Crippen molar-refractivity contribution in [2.45, 2.75) is 25.2 Å². The highest BCUT2D eigenvalue weighted by molar-refractivity contribution is 9.10. The Morgan fingerprint density at radius 1 is 1.50 bits per heavy atom. The summed E-state index contributed by atoms with van der Waals surface area (Å²) >= 11 is 3.41. The average Bonchev–Trinajstić information content (AvgIpc) is 2.90. The zero-order chi connectivity index (χ0) is 10.3. The molecule has 1 aliphatic carbocycles. The first kappa shape index (κ1) is 9.71. The first-order valence-electron chi connectivity index (χ1n) is 4.56. The van der Waals surface area contributed by atoms with Crippen LogP contribution in [0, 0.1) is 6.92 Å². The summed E-state index contributed by atoms with van der Waals surface area (Å²) in [6, 6.07) is 5.79. The molecule has 2 rings (SSSR count). The van der Waals surface area contributed by atoms with Crippen molar-refractivity contribution in [3.05, 3.63) is 33.8 Å². The number of benzene rings is 1. The lowest BCUT2D eigenvalue weighted by atomic mass is 9.95. The summed E-state index contributed by atoms with van der Waals surface area (Å²) in [5.74, 6) is -0.695. The molecule has 0 atom stereocenters. The quantitative estimate of drug-likeness (QED) is 0.882. The Balaban J connectivity index is 2.43. The molecular weight excluding hydrogens is 244 g/mol. The second-order valence-electron chi connectivity index (χ2n) is 3.85. The topological polar surface area (TPSA) is 37.3 Å². The van der Waals surface area contributed by atoms with Crippen LogP contribution >= 0.6 is 15.9 Å². The number of aliphatic carboxylic acids is 1. The zero-order valence-electron chi connectivity index (χ0n) is 7.88. The molecule has 2 nitrogen and oxygen atoms in total. The monoisotopic (exact) mass is 254 g/mol. The number of carbonyl (C=O) groups is 1. The summed E-state index contributed by atoms with van der Waals surface area (Å²) in [6.45, 7) is 1.98. The maximum atomic E-state index is 11.1. The molecule has 0 aromatic heterocycles. The first-order valence-corrected chi connectivity index (χ1v) is 5.35. The Bertz CT molecular complexity index is 394. The van der Waals surface area contributed by atoms with E-state index in [2.05, 4.69) is 15.9 Å². The van der Waals surface area contributed by atoms with Crippen LogP contribution in [0.3, 0.4) is 0 Å². The van der Waals surface area contributed by atoms with Crippen LogP contribution in [0.25, 0.3) is 0 Å². The molecule has 74 valence electrons. The van der Waals surface area contributed by atoms with Gasteiger partial charge in [0.25, 0.3) is 0 Å². The third-order valence-corrected chi connectivity index (χ3v) is 3.76. The Labute approximate surface area is 91.1 Å². The third-order valence-electron chi connectivity index (χ3n) is 2.87. The van der Waals surface area contributed by atoms with Crippen LogP contribution in [-0.2, 0) is 10.2 Å². The molecular formula is C11H11BrO2. The van der Waals surface area contributed by atoms with Crippen molar-refractivity contribution in [2.75, 3.05) is 0 Å². The standard InChI is InChI=1S/C11H11BrO2/c1-7-6-8(2-3-9(7)12)11(4-5-11)10(13)14/h2-3,6H,4-5H2,1H3,(H,13,14). The maximum Gasteiger partial charge on any atom is 0.314 e. The SMILES string of the molecule is Cc1cc(C2(C(=O)O)CC2)ccc1Br. The molecule has 1 fully saturated rings. The Morgan fingerprint density at radius 3 is 2.57 bits per heavy atom. The first-order chi connectivity index (χ1) is 6.56. The van der Waals surface area contributed by atoms with Gasteiger partial charge in [0.1, 0.15) is 0 Å². The second-order valence-corrected chi connectivity index (χ2v) is 4.71. The fraction of sp³-hybridized carbons (Fsp3) is 0.364. The number of carboxylic acids is 1. The Hall–Kier alpha value is -0.830. The molecule has 0 aliphatic heterocycles. The van der Waals surface area contributed by atoms with E-state index < -0.39 is 11.4 Å². The molecule has 0 bridgehead atoms. The van der Waals surface area contributed by atoms with Crippen molar-refractivity contribution in [1.29, 1.82) is 0 Å². The van der Waals surface area contributed by atoms with Crippen molar-refractivity contribution < 1.29 is 9.90 Å². The number of hydrogen-bond acceptors (Lipinski definition) is 1. The van der Waals surface area contributed by atoms with Gasteiger partial charge in [0.05, 0.1) is 5.41 Å². The van der Waals surface area contributed by atoms with E-state index in [1.54, 1.807) is 0 Å². The summed E-state index contributed by atoms with van der Waals surface area (Å²) in [5.41, 5.74) is 1.45. The van der Waals surface area contributed by atoms with Gasteiger partial charge >= 0.3 is 5.97 Å². The van der Waals surface area contributed by atoms with Crippen LogP contribution < -0.4 is 0 Å². The summed E-state index contributed by atoms with van der Waals surface area (Å²) in [5, 5.41) is 9.11. The van der Waals surface area contributed by atoms with E-state index in [1.807, 2.05) is 25.1 Å². The number of aryl methyl sites for hydroxylation is 1. The van der Waals surface area contributed by atoms with E-state index in [0.717, 1.165) is 28.4 Å². The average molecular weight is 255 g/mol. The van der Waals surface area contributed by atoms with Gasteiger partial charge in [-0.15, -0.1) is 0 Å². The van der Waals surface area contributed by atoms with Crippen molar-refractivity contribution in [3.8, 4) is 0 Å². The fourth-order valence-corrected chi connectivity index (χ4v) is 1.94. The van der Waals surface area contributed by atoms with Gasteiger partial charge in [0, 0.05) is 4.47 Å². The van der Waals surface area contributed by atoms with Gasteiger partial charge in [-0.3, -0.25) is 4.79 Å². The largest absolute Gasteiger partial charge is 0.481 e. The Kier molecular flexibility index (Phi) is 2.14. The molecule has 1 aromatic rings. The van der Waals surface area contributed by atoms with Gasteiger partial charge in [0.2, 0.25) is 0 Å². The van der Waals surface area contributed by atoms with Crippen LogP contribution in [0.5, 0.6) is 0 Å². The number of rotatable bonds is 2. The van der Waals surface area contributed by atoms with Crippen LogP contribution in [0.2, 0.25) is 0 Å². The van der Waals surface area contributed by atoms with Gasteiger partial charge in [-0.1, -0.05) is 28.1 Å². The second kappa shape index (κ2) is 3.09. The molecule has 0 spiro atoms. The Morgan fingerprint density at radius 2 is 2.14 bits per heavy atom. The maximum absolute atomic E-state index is 11.1. The van der Waals surface area contributed by atoms with E-state index in [1.165, 1.54) is 0 Å². The molecule has 1 aliphatic rings. The molecule has 1 saturated carbocycles. The lowest BCUT2D eigenvalue weighted by molar-refractivity contribution is -0.140. The van der Waals surface area contributed by atoms with Gasteiger partial charge in [0.15, 0.2) is 0 Å². The minimum Gasteiger partial charge on any atom is -0.481 e. The number of hydrogen-bond donors (Lipinski definition) is 1. The lowest BCUT2D eigenvalue weighted by Gasteiger charge is -2.11. The number of carboxylic acid groups (broad SMARTS) is 1. The molecule has 1 N–H and O–H groups in total. The minimum absolute atomic E-state index is 0.578. The smallest absolute Gasteiger partial charge is 0.314 e. The molecule has 0 heterocycles. The molecule has 0 radical (unpaired) electrons. The van der Waals surface area contributed by atoms with Crippen molar-refractivity contribution in [3.63, 3.8) is 0 Å². The minimum atomic E-state index is -0.695. The highest BCUT2D eigenvalue weighted by Crippen LogP contribution is 2.48. The van der Waals surface area contributed by atoms with Crippen LogP contribution in [0.15, 0.2) is 22.7 Å². The molecule has 0 amide bonds. The molecule has 0 saturated heterocycles. The van der Waals surface area contributed by atoms with E-state index in [0.29, 0.717) is 0 Å². The normalized spacial score (nSPS) is 17.9. The van der Waals surface area contributed by atoms with Crippen molar-refractivity contribution in [1.82, 2.24) is 0 Å². The van der Waals surface area contributed by atoms with E-state index in [-0.39, 0.29) is 0 Å². The van der Waals surface area contributed by atoms with Crippen molar-refractivity contribution in [2.24, 2.45) is 0 Å². The summed E-state index contributed by atoms with van der Waals surface area (Å²) in [6.07, 6.45) is 1.53. The van der Waals surface area contributed by atoms with E-state index in [4.69, 9.17) is 5.11 Å². The zero-order valence-corrected chi connectivity index (χ0v) is 9.47. The van der Waals surface area contributed by atoms with Gasteiger partial charge in [-0.25, -0.2) is 0 Å². The van der Waals surface area contributed by atoms with Gasteiger partial charge < -0.3 is 5.11 Å². The van der Waals surface area contributed by atoms with Crippen LogP contribution in [0.1, 0.15) is 24.0 Å². The highest BCUT2D eigenvalue weighted by Gasteiger charge is 2.51. The molecule has 14 heavy (non-hydrogen) atoms. The predicted octanol–water partition coefficient (Wildman–Crippen LogP) is 2.87. The highest BCUT2D eigenvalue weighted by atomic mass is 79.9. The third kappa shape index (κ3) is 1.36. The van der Waals surface area contributed by atoms with Crippen LogP contribution in [-0.4, -0.2) is 11.1 Å². The molecule has 1 aromatic carbocycles. The van der Waals surface area contributed by atoms with Gasteiger partial charge in [-0.05, 0) is 37.0 Å². The molecule has 3 heteroatoms. The molecule has 0 unspecified atom stereocenters. The lowest BCUT2D eigenvalue weighted by Crippen LogP contribution is -2.19. The summed E-state index contributed by atoms with van der Waals surface area (Å²) in [7, 11) is 0. The predicted molar refractivity (Wildman–Crippen MR) is 57.4 cm³/mol.